The molecule has 1 aliphatic rings. The molecule has 1 unspecified atom stereocenters. The molecule has 1 aliphatic heterocycles. The van der Waals surface area contributed by atoms with Crippen LogP contribution in [0.3, 0.4) is 0 Å². The van der Waals surface area contributed by atoms with Crippen molar-refractivity contribution < 1.29 is 9.53 Å². The summed E-state index contributed by atoms with van der Waals surface area (Å²) in [5.41, 5.74) is 1.88. The lowest BCUT2D eigenvalue weighted by Crippen LogP contribution is -2.42. The zero-order valence-electron chi connectivity index (χ0n) is 12.5. The third kappa shape index (κ3) is 3.52. The Kier molecular flexibility index (Phi) is 4.81. The van der Waals surface area contributed by atoms with E-state index < -0.39 is 0 Å². The summed E-state index contributed by atoms with van der Waals surface area (Å²) in [6.45, 7) is 2.05. The largest absolute Gasteiger partial charge is 0.379 e. The van der Waals surface area contributed by atoms with Gasteiger partial charge in [-0.2, -0.15) is 0 Å². The van der Waals surface area contributed by atoms with Gasteiger partial charge in [0.1, 0.15) is 0 Å². The Morgan fingerprint density at radius 2 is 2.09 bits per heavy atom. The third-order valence-corrected chi connectivity index (χ3v) is 4.00. The smallest absolute Gasteiger partial charge is 0.255 e. The maximum atomic E-state index is 12.8. The number of aromatic nitrogens is 1. The van der Waals surface area contributed by atoms with Crippen molar-refractivity contribution in [1.29, 1.82) is 0 Å². The molecule has 1 fully saturated rings. The van der Waals surface area contributed by atoms with Crippen molar-refractivity contribution in [3.8, 4) is 0 Å². The van der Waals surface area contributed by atoms with Gasteiger partial charge in [-0.25, -0.2) is 0 Å². The average Bonchev–Trinajstić information content (AvgIpc) is 3.11. The predicted molar refractivity (Wildman–Crippen MR) is 84.6 cm³/mol. The summed E-state index contributed by atoms with van der Waals surface area (Å²) in [5.74, 6) is 0.0412. The lowest BCUT2D eigenvalue weighted by Gasteiger charge is -2.28. The van der Waals surface area contributed by atoms with Gasteiger partial charge in [0, 0.05) is 25.5 Å². The maximum Gasteiger partial charge on any atom is 0.255 e. The number of amides is 1. The van der Waals surface area contributed by atoms with Crippen LogP contribution in [0.25, 0.3) is 0 Å². The summed E-state index contributed by atoms with van der Waals surface area (Å²) in [5, 5.41) is 0. The van der Waals surface area contributed by atoms with Gasteiger partial charge in [0.05, 0.1) is 18.2 Å². The van der Waals surface area contributed by atoms with Crippen molar-refractivity contribution in [3.05, 3.63) is 66.0 Å². The summed E-state index contributed by atoms with van der Waals surface area (Å²) in [7, 11) is 0. The van der Waals surface area contributed by atoms with E-state index in [4.69, 9.17) is 4.74 Å². The second-order valence-electron chi connectivity index (χ2n) is 5.49. The van der Waals surface area contributed by atoms with Crippen molar-refractivity contribution >= 4 is 5.91 Å². The molecular weight excluding hydrogens is 276 g/mol. The number of rotatable bonds is 5. The number of carbonyl (C=O) groups excluding carboxylic acids is 1. The SMILES string of the molecule is O=C(c1cccnc1)N(CCc1ccccc1)C1CCOC1. The quantitative estimate of drug-likeness (QED) is 0.851. The normalized spacial score (nSPS) is 17.4. The lowest BCUT2D eigenvalue weighted by atomic mass is 10.1. The molecule has 4 heteroatoms. The van der Waals surface area contributed by atoms with E-state index in [1.165, 1.54) is 5.56 Å². The molecular formula is C18H20N2O2. The van der Waals surface area contributed by atoms with Crippen LogP contribution < -0.4 is 0 Å². The van der Waals surface area contributed by atoms with Gasteiger partial charge in [-0.05, 0) is 30.5 Å². The van der Waals surface area contributed by atoms with E-state index in [1.807, 2.05) is 29.2 Å². The molecule has 0 radical (unpaired) electrons. The van der Waals surface area contributed by atoms with Gasteiger partial charge >= 0.3 is 0 Å². The van der Waals surface area contributed by atoms with Crippen LogP contribution >= 0.6 is 0 Å². The molecule has 3 rings (SSSR count). The minimum absolute atomic E-state index is 0.0412. The number of hydrogen-bond acceptors (Lipinski definition) is 3. The molecule has 1 aromatic heterocycles. The Balaban J connectivity index is 1.73. The van der Waals surface area contributed by atoms with Gasteiger partial charge in [-0.15, -0.1) is 0 Å². The molecule has 2 aromatic rings. The van der Waals surface area contributed by atoms with Crippen LogP contribution in [0.2, 0.25) is 0 Å². The third-order valence-electron chi connectivity index (χ3n) is 4.00. The molecule has 114 valence electrons. The van der Waals surface area contributed by atoms with Gasteiger partial charge in [-0.3, -0.25) is 9.78 Å². The summed E-state index contributed by atoms with van der Waals surface area (Å²) < 4.78 is 5.47. The lowest BCUT2D eigenvalue weighted by molar-refractivity contribution is 0.0656. The van der Waals surface area contributed by atoms with Gasteiger partial charge in [0.15, 0.2) is 0 Å². The number of pyridine rings is 1. The highest BCUT2D eigenvalue weighted by Gasteiger charge is 2.27. The predicted octanol–water partition coefficient (Wildman–Crippen LogP) is 2.56. The molecule has 1 aromatic carbocycles. The van der Waals surface area contributed by atoms with Crippen LogP contribution in [0.1, 0.15) is 22.3 Å². The zero-order valence-corrected chi connectivity index (χ0v) is 12.5. The Labute approximate surface area is 130 Å². The van der Waals surface area contributed by atoms with Crippen LogP contribution in [0.15, 0.2) is 54.9 Å². The molecule has 0 aliphatic carbocycles. The molecule has 1 atom stereocenters. The molecule has 2 heterocycles. The number of hydrogen-bond donors (Lipinski definition) is 0. The highest BCUT2D eigenvalue weighted by atomic mass is 16.5. The van der Waals surface area contributed by atoms with E-state index in [-0.39, 0.29) is 11.9 Å². The van der Waals surface area contributed by atoms with Crippen LogP contribution in [0.4, 0.5) is 0 Å². The average molecular weight is 296 g/mol. The van der Waals surface area contributed by atoms with E-state index >= 15 is 0 Å². The Bertz CT molecular complexity index is 595. The van der Waals surface area contributed by atoms with Crippen molar-refractivity contribution in [2.75, 3.05) is 19.8 Å². The number of nitrogens with zero attached hydrogens (tertiary/aromatic N) is 2. The molecule has 0 N–H and O–H groups in total. The first kappa shape index (κ1) is 14.7. The first-order chi connectivity index (χ1) is 10.8. The van der Waals surface area contributed by atoms with Gasteiger partial charge in [0.2, 0.25) is 0 Å². The zero-order chi connectivity index (χ0) is 15.2. The van der Waals surface area contributed by atoms with Gasteiger partial charge in [0.25, 0.3) is 5.91 Å². The van der Waals surface area contributed by atoms with E-state index in [9.17, 15) is 4.79 Å². The van der Waals surface area contributed by atoms with E-state index in [1.54, 1.807) is 18.5 Å². The fraction of sp³-hybridized carbons (Fsp3) is 0.333. The molecule has 0 bridgehead atoms. The first-order valence-corrected chi connectivity index (χ1v) is 7.67. The molecule has 0 saturated carbocycles. The van der Waals surface area contributed by atoms with E-state index in [0.29, 0.717) is 18.7 Å². The molecule has 1 amide bonds. The first-order valence-electron chi connectivity index (χ1n) is 7.67. The van der Waals surface area contributed by atoms with Gasteiger partial charge in [-0.1, -0.05) is 30.3 Å². The van der Waals surface area contributed by atoms with Crippen LogP contribution in [0.5, 0.6) is 0 Å². The number of benzene rings is 1. The fourth-order valence-corrected chi connectivity index (χ4v) is 2.77. The molecule has 4 nitrogen and oxygen atoms in total. The summed E-state index contributed by atoms with van der Waals surface area (Å²) in [4.78, 5) is 18.8. The monoisotopic (exact) mass is 296 g/mol. The van der Waals surface area contributed by atoms with Crippen LogP contribution in [0, 0.1) is 0 Å². The van der Waals surface area contributed by atoms with Crippen molar-refractivity contribution in [2.45, 2.75) is 18.9 Å². The summed E-state index contributed by atoms with van der Waals surface area (Å²) >= 11 is 0. The second-order valence-corrected chi connectivity index (χ2v) is 5.49. The molecule has 0 spiro atoms. The summed E-state index contributed by atoms with van der Waals surface area (Å²) in [6, 6.07) is 14.0. The highest BCUT2D eigenvalue weighted by Crippen LogP contribution is 2.16. The number of ether oxygens (including phenoxy) is 1. The summed E-state index contributed by atoms with van der Waals surface area (Å²) in [6.07, 6.45) is 5.07. The second kappa shape index (κ2) is 7.18. The standard InChI is InChI=1S/C18H20N2O2/c21-18(16-7-4-10-19-13-16)20(17-9-12-22-14-17)11-8-15-5-2-1-3-6-15/h1-7,10,13,17H,8-9,11-12,14H2. The molecule has 22 heavy (non-hydrogen) atoms. The van der Waals surface area contributed by atoms with Crippen LogP contribution in [-0.2, 0) is 11.2 Å². The molecule has 1 saturated heterocycles. The van der Waals surface area contributed by atoms with Crippen molar-refractivity contribution in [2.24, 2.45) is 0 Å². The maximum absolute atomic E-state index is 12.8. The van der Waals surface area contributed by atoms with Gasteiger partial charge < -0.3 is 9.64 Å². The Hall–Kier alpha value is -2.20. The minimum Gasteiger partial charge on any atom is -0.379 e. The van der Waals surface area contributed by atoms with E-state index in [0.717, 1.165) is 19.4 Å². The highest BCUT2D eigenvalue weighted by molar-refractivity contribution is 5.94. The van der Waals surface area contributed by atoms with Crippen molar-refractivity contribution in [1.82, 2.24) is 9.88 Å². The van der Waals surface area contributed by atoms with Crippen molar-refractivity contribution in [3.63, 3.8) is 0 Å². The minimum atomic E-state index is 0.0412. The number of carbonyl (C=O) groups is 1. The van der Waals surface area contributed by atoms with Crippen LogP contribution in [-0.4, -0.2) is 41.6 Å². The topological polar surface area (TPSA) is 42.4 Å². The Morgan fingerprint density at radius 3 is 2.77 bits per heavy atom. The van der Waals surface area contributed by atoms with E-state index in [2.05, 4.69) is 17.1 Å². The fourth-order valence-electron chi connectivity index (χ4n) is 2.77. The Morgan fingerprint density at radius 1 is 1.23 bits per heavy atom.